The van der Waals surface area contributed by atoms with Crippen molar-refractivity contribution < 1.29 is 29.1 Å². The molecule has 3 rings (SSSR count). The van der Waals surface area contributed by atoms with Crippen LogP contribution in [0.5, 0.6) is 11.5 Å². The first-order valence-electron chi connectivity index (χ1n) is 8.84. The topological polar surface area (TPSA) is 119 Å². The predicted molar refractivity (Wildman–Crippen MR) is 94.1 cm³/mol. The fraction of sp³-hybridized carbons (Fsp3) is 0.556. The summed E-state index contributed by atoms with van der Waals surface area (Å²) < 4.78 is 10.6. The molecule has 146 valence electrons. The van der Waals surface area contributed by atoms with E-state index in [2.05, 4.69) is 0 Å². The van der Waals surface area contributed by atoms with Gasteiger partial charge in [0.2, 0.25) is 0 Å². The summed E-state index contributed by atoms with van der Waals surface area (Å²) in [7, 11) is 1.38. The Hall–Kier alpha value is -2.84. The van der Waals surface area contributed by atoms with Crippen LogP contribution in [0.2, 0.25) is 0 Å². The van der Waals surface area contributed by atoms with Gasteiger partial charge in [-0.1, -0.05) is 0 Å². The number of amides is 1. The number of hydrogen-bond donors (Lipinski definition) is 1. The van der Waals surface area contributed by atoms with Gasteiger partial charge in [0.15, 0.2) is 11.5 Å². The first kappa shape index (κ1) is 18.9. The number of hydrogen-bond acceptors (Lipinski definition) is 6. The fourth-order valence-electron chi connectivity index (χ4n) is 3.87. The van der Waals surface area contributed by atoms with E-state index in [-0.39, 0.29) is 34.1 Å². The number of nitrogens with zero attached hydrogens (tertiary/aromatic N) is 2. The third-order valence-corrected chi connectivity index (χ3v) is 5.54. The van der Waals surface area contributed by atoms with Crippen LogP contribution >= 0.6 is 0 Å². The molecule has 1 aromatic carbocycles. The molecule has 1 aliphatic heterocycles. The third kappa shape index (κ3) is 3.41. The zero-order valence-corrected chi connectivity index (χ0v) is 15.3. The lowest BCUT2D eigenvalue weighted by atomic mass is 9.90. The number of benzene rings is 1. The highest BCUT2D eigenvalue weighted by Gasteiger charge is 2.59. The van der Waals surface area contributed by atoms with Crippen LogP contribution in [-0.4, -0.2) is 53.6 Å². The number of aliphatic carboxylic acids is 1. The van der Waals surface area contributed by atoms with Crippen LogP contribution in [0.4, 0.5) is 5.69 Å². The maximum atomic E-state index is 12.9. The molecule has 9 nitrogen and oxygen atoms in total. The average Bonchev–Trinajstić information content (AvgIpc) is 3.35. The van der Waals surface area contributed by atoms with Crippen LogP contribution < -0.4 is 9.47 Å². The second-order valence-electron chi connectivity index (χ2n) is 6.96. The van der Waals surface area contributed by atoms with E-state index in [9.17, 15) is 24.8 Å². The molecule has 1 unspecified atom stereocenters. The second kappa shape index (κ2) is 7.05. The minimum Gasteiger partial charge on any atom is -0.493 e. The second-order valence-corrected chi connectivity index (χ2v) is 6.96. The summed E-state index contributed by atoms with van der Waals surface area (Å²) >= 11 is 0. The Bertz CT molecular complexity index is 784. The number of rotatable bonds is 6. The van der Waals surface area contributed by atoms with Crippen LogP contribution in [0.3, 0.4) is 0 Å². The van der Waals surface area contributed by atoms with Crippen LogP contribution in [0.15, 0.2) is 12.1 Å². The number of likely N-dealkylation sites (tertiary alicyclic amines) is 1. The fourth-order valence-corrected chi connectivity index (χ4v) is 3.87. The highest BCUT2D eigenvalue weighted by atomic mass is 16.6. The van der Waals surface area contributed by atoms with Crippen LogP contribution in [0.25, 0.3) is 0 Å². The molecule has 1 atom stereocenters. The number of nitro benzene ring substituents is 1. The Morgan fingerprint density at radius 2 is 2.00 bits per heavy atom. The van der Waals surface area contributed by atoms with Gasteiger partial charge >= 0.3 is 5.97 Å². The van der Waals surface area contributed by atoms with E-state index in [0.29, 0.717) is 39.0 Å². The Balaban J connectivity index is 1.83. The first-order chi connectivity index (χ1) is 12.8. The van der Waals surface area contributed by atoms with Crippen molar-refractivity contribution in [2.45, 2.75) is 26.2 Å². The Labute approximate surface area is 156 Å². The lowest BCUT2D eigenvalue weighted by Crippen LogP contribution is -2.40. The molecule has 9 heteroatoms. The molecular formula is C18H22N2O7. The predicted octanol–water partition coefficient (Wildman–Crippen LogP) is 2.33. The lowest BCUT2D eigenvalue weighted by Gasteiger charge is -2.32. The van der Waals surface area contributed by atoms with E-state index in [1.54, 1.807) is 11.8 Å². The van der Waals surface area contributed by atoms with Gasteiger partial charge in [0, 0.05) is 19.2 Å². The maximum absolute atomic E-state index is 12.9. The third-order valence-electron chi connectivity index (χ3n) is 5.54. The highest BCUT2D eigenvalue weighted by Crippen LogP contribution is 2.59. The van der Waals surface area contributed by atoms with E-state index < -0.39 is 16.8 Å². The Morgan fingerprint density at radius 1 is 1.33 bits per heavy atom. The van der Waals surface area contributed by atoms with Gasteiger partial charge in [0.05, 0.1) is 30.6 Å². The highest BCUT2D eigenvalue weighted by molar-refractivity contribution is 5.99. The van der Waals surface area contributed by atoms with Gasteiger partial charge in [-0.2, -0.15) is 0 Å². The van der Waals surface area contributed by atoms with Crippen molar-refractivity contribution >= 4 is 17.6 Å². The monoisotopic (exact) mass is 378 g/mol. The molecule has 1 amide bonds. The summed E-state index contributed by atoms with van der Waals surface area (Å²) in [6.07, 6.45) is 1.83. The summed E-state index contributed by atoms with van der Waals surface area (Å²) in [5, 5.41) is 20.6. The first-order valence-corrected chi connectivity index (χ1v) is 8.84. The molecule has 1 aliphatic carbocycles. The number of methoxy groups -OCH3 is 1. The average molecular weight is 378 g/mol. The minimum absolute atomic E-state index is 0.0502. The molecule has 1 N–H and O–H groups in total. The van der Waals surface area contributed by atoms with Crippen molar-refractivity contribution in [2.75, 3.05) is 26.8 Å². The molecule has 0 bridgehead atoms. The van der Waals surface area contributed by atoms with Gasteiger partial charge in [-0.3, -0.25) is 19.7 Å². The van der Waals surface area contributed by atoms with Crippen LogP contribution in [0.1, 0.15) is 36.5 Å². The van der Waals surface area contributed by atoms with Crippen molar-refractivity contribution in [3.8, 4) is 11.5 Å². The van der Waals surface area contributed by atoms with Gasteiger partial charge in [-0.25, -0.2) is 0 Å². The molecule has 0 aromatic heterocycles. The number of piperidine rings is 1. The van der Waals surface area contributed by atoms with Gasteiger partial charge in [-0.15, -0.1) is 0 Å². The van der Waals surface area contributed by atoms with Gasteiger partial charge in [0.25, 0.3) is 11.6 Å². The number of ether oxygens (including phenoxy) is 2. The molecule has 2 fully saturated rings. The van der Waals surface area contributed by atoms with E-state index in [0.717, 1.165) is 0 Å². The molecule has 1 saturated heterocycles. The molecule has 27 heavy (non-hydrogen) atoms. The number of carboxylic acid groups (broad SMARTS) is 1. The smallest absolute Gasteiger partial charge is 0.307 e. The Morgan fingerprint density at radius 3 is 2.48 bits per heavy atom. The molecular weight excluding hydrogens is 356 g/mol. The van der Waals surface area contributed by atoms with Gasteiger partial charge in [0.1, 0.15) is 5.56 Å². The lowest BCUT2D eigenvalue weighted by molar-refractivity contribution is -0.385. The van der Waals surface area contributed by atoms with E-state index in [1.165, 1.54) is 19.2 Å². The van der Waals surface area contributed by atoms with Crippen LogP contribution in [0, 0.1) is 21.4 Å². The van der Waals surface area contributed by atoms with Gasteiger partial charge in [-0.05, 0) is 31.6 Å². The van der Waals surface area contributed by atoms with Crippen LogP contribution in [-0.2, 0) is 4.79 Å². The van der Waals surface area contributed by atoms with Gasteiger partial charge < -0.3 is 19.5 Å². The van der Waals surface area contributed by atoms with Crippen molar-refractivity contribution in [1.82, 2.24) is 4.90 Å². The largest absolute Gasteiger partial charge is 0.493 e. The normalized spacial score (nSPS) is 20.2. The summed E-state index contributed by atoms with van der Waals surface area (Å²) in [6, 6.07) is 2.55. The zero-order chi connectivity index (χ0) is 19.8. The van der Waals surface area contributed by atoms with E-state index in [4.69, 9.17) is 9.47 Å². The van der Waals surface area contributed by atoms with Crippen molar-refractivity contribution in [3.05, 3.63) is 27.8 Å². The molecule has 1 heterocycles. The summed E-state index contributed by atoms with van der Waals surface area (Å²) in [5.74, 6) is -1.11. The number of carboxylic acids is 1. The summed E-state index contributed by atoms with van der Waals surface area (Å²) in [5.41, 5.74) is -0.605. The Kier molecular flexibility index (Phi) is 4.95. The minimum atomic E-state index is -0.790. The standard InChI is InChI=1S/C18H22N2O7/c1-3-27-15-8-11(13(20(24)25)9-14(15)26-2)16(21)19-6-4-18(5-7-19)10-12(18)17(22)23/h8-9,12H,3-7,10H2,1-2H3,(H,22,23). The summed E-state index contributed by atoms with van der Waals surface area (Å²) in [6.45, 7) is 2.86. The van der Waals surface area contributed by atoms with Crippen molar-refractivity contribution in [1.29, 1.82) is 0 Å². The van der Waals surface area contributed by atoms with Crippen molar-refractivity contribution in [3.63, 3.8) is 0 Å². The number of carbonyl (C=O) groups excluding carboxylic acids is 1. The molecule has 0 radical (unpaired) electrons. The van der Waals surface area contributed by atoms with E-state index in [1.807, 2.05) is 0 Å². The molecule has 1 aromatic rings. The maximum Gasteiger partial charge on any atom is 0.307 e. The summed E-state index contributed by atoms with van der Waals surface area (Å²) in [4.78, 5) is 36.5. The molecule has 2 aliphatic rings. The zero-order valence-electron chi connectivity index (χ0n) is 15.3. The SMILES string of the molecule is CCOc1cc(C(=O)N2CCC3(CC2)CC3C(=O)O)c([N+](=O)[O-])cc1OC. The van der Waals surface area contributed by atoms with E-state index >= 15 is 0 Å². The number of carbonyl (C=O) groups is 2. The number of nitro groups is 1. The molecule has 1 saturated carbocycles. The molecule has 1 spiro atoms. The van der Waals surface area contributed by atoms with Crippen molar-refractivity contribution in [2.24, 2.45) is 11.3 Å². The quantitative estimate of drug-likeness (QED) is 0.596.